The Bertz CT molecular complexity index is 968. The SMILES string of the molecule is CCC(=O)N(c1nnc(SCc2csc(-c3cccc(OC)c3)n2)s1)C1CC1. The van der Waals surface area contributed by atoms with Crippen LogP contribution >= 0.6 is 34.4 Å². The van der Waals surface area contributed by atoms with E-state index in [0.717, 1.165) is 44.9 Å². The van der Waals surface area contributed by atoms with Gasteiger partial charge in [-0.2, -0.15) is 0 Å². The zero-order chi connectivity index (χ0) is 19.5. The van der Waals surface area contributed by atoms with Crippen LogP contribution in [0.25, 0.3) is 10.6 Å². The Labute approximate surface area is 176 Å². The Kier molecular flexibility index (Phi) is 5.93. The zero-order valence-electron chi connectivity index (χ0n) is 15.6. The Balaban J connectivity index is 1.41. The van der Waals surface area contributed by atoms with Gasteiger partial charge in [-0.15, -0.1) is 21.5 Å². The average Bonchev–Trinajstić information content (AvgIpc) is 3.25. The van der Waals surface area contributed by atoms with Crippen molar-refractivity contribution < 1.29 is 9.53 Å². The van der Waals surface area contributed by atoms with Gasteiger partial charge in [-0.05, 0) is 25.0 Å². The van der Waals surface area contributed by atoms with E-state index in [9.17, 15) is 4.79 Å². The highest BCUT2D eigenvalue weighted by atomic mass is 32.2. The molecule has 0 aliphatic heterocycles. The molecule has 1 fully saturated rings. The summed E-state index contributed by atoms with van der Waals surface area (Å²) >= 11 is 4.71. The maximum atomic E-state index is 12.2. The van der Waals surface area contributed by atoms with Gasteiger partial charge in [0, 0.05) is 29.2 Å². The van der Waals surface area contributed by atoms with Crippen molar-refractivity contribution in [1.29, 1.82) is 0 Å². The molecule has 0 radical (unpaired) electrons. The summed E-state index contributed by atoms with van der Waals surface area (Å²) < 4.78 is 6.15. The molecule has 1 aromatic carbocycles. The van der Waals surface area contributed by atoms with Crippen LogP contribution in [0.4, 0.5) is 5.13 Å². The molecule has 1 saturated carbocycles. The van der Waals surface area contributed by atoms with Gasteiger partial charge in [-0.3, -0.25) is 9.69 Å². The minimum absolute atomic E-state index is 0.123. The third-order valence-corrected chi connectivity index (χ3v) is 7.33. The van der Waals surface area contributed by atoms with E-state index < -0.39 is 0 Å². The number of methoxy groups -OCH3 is 1. The molecular weight excluding hydrogens is 412 g/mol. The highest BCUT2D eigenvalue weighted by Crippen LogP contribution is 2.37. The number of ether oxygens (including phenoxy) is 1. The lowest BCUT2D eigenvalue weighted by atomic mass is 10.2. The van der Waals surface area contributed by atoms with Crippen molar-refractivity contribution in [2.45, 2.75) is 42.3 Å². The van der Waals surface area contributed by atoms with Crippen molar-refractivity contribution in [2.24, 2.45) is 0 Å². The fourth-order valence-electron chi connectivity index (χ4n) is 2.73. The molecule has 0 unspecified atom stereocenters. The second kappa shape index (κ2) is 8.59. The highest BCUT2D eigenvalue weighted by molar-refractivity contribution is 8.00. The maximum absolute atomic E-state index is 12.2. The summed E-state index contributed by atoms with van der Waals surface area (Å²) in [6.07, 6.45) is 2.60. The Morgan fingerprint density at radius 1 is 1.36 bits per heavy atom. The highest BCUT2D eigenvalue weighted by Gasteiger charge is 2.35. The molecule has 1 aliphatic carbocycles. The van der Waals surface area contributed by atoms with Crippen LogP contribution in [0.3, 0.4) is 0 Å². The van der Waals surface area contributed by atoms with Gasteiger partial charge in [0.1, 0.15) is 10.8 Å². The lowest BCUT2D eigenvalue weighted by Crippen LogP contribution is -2.32. The van der Waals surface area contributed by atoms with Gasteiger partial charge in [-0.25, -0.2) is 4.98 Å². The lowest BCUT2D eigenvalue weighted by molar-refractivity contribution is -0.118. The van der Waals surface area contributed by atoms with E-state index in [-0.39, 0.29) is 5.91 Å². The fourth-order valence-corrected chi connectivity index (χ4v) is 5.47. The van der Waals surface area contributed by atoms with Gasteiger partial charge in [0.2, 0.25) is 11.0 Å². The Morgan fingerprint density at radius 2 is 2.21 bits per heavy atom. The number of thioether (sulfide) groups is 1. The first-order valence-corrected chi connectivity index (χ1v) is 11.7. The van der Waals surface area contributed by atoms with Gasteiger partial charge < -0.3 is 4.74 Å². The van der Waals surface area contributed by atoms with E-state index in [1.807, 2.05) is 36.1 Å². The summed E-state index contributed by atoms with van der Waals surface area (Å²) in [5, 5.41) is 12.3. The number of carbonyl (C=O) groups is 1. The molecule has 9 heteroatoms. The molecule has 0 saturated heterocycles. The summed E-state index contributed by atoms with van der Waals surface area (Å²) in [4.78, 5) is 18.8. The average molecular weight is 433 g/mol. The molecule has 0 spiro atoms. The molecule has 4 rings (SSSR count). The summed E-state index contributed by atoms with van der Waals surface area (Å²) in [6, 6.07) is 8.23. The molecule has 28 heavy (non-hydrogen) atoms. The second-order valence-electron chi connectivity index (χ2n) is 6.36. The van der Waals surface area contributed by atoms with Crippen LogP contribution in [0.1, 0.15) is 31.9 Å². The molecule has 0 bridgehead atoms. The fraction of sp³-hybridized carbons (Fsp3) is 0.368. The molecule has 0 N–H and O–H groups in total. The van der Waals surface area contributed by atoms with E-state index in [1.165, 1.54) is 11.3 Å². The summed E-state index contributed by atoms with van der Waals surface area (Å²) in [6.45, 7) is 1.89. The third kappa shape index (κ3) is 4.37. The van der Waals surface area contributed by atoms with Gasteiger partial charge in [-0.1, -0.05) is 42.2 Å². The van der Waals surface area contributed by atoms with E-state index >= 15 is 0 Å². The number of nitrogens with zero attached hydrogens (tertiary/aromatic N) is 4. The number of carbonyl (C=O) groups excluding carboxylic acids is 1. The second-order valence-corrected chi connectivity index (χ2v) is 9.40. The summed E-state index contributed by atoms with van der Waals surface area (Å²) in [7, 11) is 1.66. The number of rotatable bonds is 8. The van der Waals surface area contributed by atoms with E-state index in [2.05, 4.69) is 15.6 Å². The molecule has 6 nitrogen and oxygen atoms in total. The van der Waals surface area contributed by atoms with Gasteiger partial charge in [0.15, 0.2) is 4.34 Å². The molecular formula is C19H20N4O2S3. The number of anilines is 1. The van der Waals surface area contributed by atoms with Crippen LogP contribution < -0.4 is 9.64 Å². The number of hydrogen-bond acceptors (Lipinski definition) is 8. The van der Waals surface area contributed by atoms with Crippen molar-refractivity contribution in [3.63, 3.8) is 0 Å². The first-order chi connectivity index (χ1) is 13.7. The monoisotopic (exact) mass is 432 g/mol. The zero-order valence-corrected chi connectivity index (χ0v) is 18.1. The Hall–Kier alpha value is -1.97. The van der Waals surface area contributed by atoms with E-state index in [1.54, 1.807) is 30.2 Å². The van der Waals surface area contributed by atoms with E-state index in [4.69, 9.17) is 9.72 Å². The summed E-state index contributed by atoms with van der Waals surface area (Å²) in [5.41, 5.74) is 2.06. The van der Waals surface area contributed by atoms with Crippen molar-refractivity contribution in [2.75, 3.05) is 12.0 Å². The number of benzene rings is 1. The predicted molar refractivity (Wildman–Crippen MR) is 114 cm³/mol. The molecule has 3 aromatic rings. The van der Waals surface area contributed by atoms with Crippen molar-refractivity contribution >= 4 is 45.5 Å². The van der Waals surface area contributed by atoms with Crippen LogP contribution in [-0.4, -0.2) is 34.2 Å². The first-order valence-electron chi connectivity index (χ1n) is 9.05. The molecule has 0 atom stereocenters. The van der Waals surface area contributed by atoms with Crippen LogP contribution in [0.15, 0.2) is 34.0 Å². The number of amides is 1. The molecule has 2 aromatic heterocycles. The van der Waals surface area contributed by atoms with E-state index in [0.29, 0.717) is 17.6 Å². The standard InChI is InChI=1S/C19H20N4O2S3/c1-3-16(24)23(14-7-8-14)18-21-22-19(28-18)27-11-13-10-26-17(20-13)12-5-4-6-15(9-12)25-2/h4-6,9-10,14H,3,7-8,11H2,1-2H3. The third-order valence-electron chi connectivity index (χ3n) is 4.30. The first kappa shape index (κ1) is 19.4. The molecule has 2 heterocycles. The largest absolute Gasteiger partial charge is 0.497 e. The van der Waals surface area contributed by atoms with Crippen LogP contribution in [0.5, 0.6) is 5.75 Å². The van der Waals surface area contributed by atoms with Crippen molar-refractivity contribution in [3.05, 3.63) is 35.3 Å². The van der Waals surface area contributed by atoms with Crippen LogP contribution in [0.2, 0.25) is 0 Å². The van der Waals surface area contributed by atoms with Crippen molar-refractivity contribution in [1.82, 2.24) is 15.2 Å². The summed E-state index contributed by atoms with van der Waals surface area (Å²) in [5.74, 6) is 1.67. The number of thiazole rings is 1. The lowest BCUT2D eigenvalue weighted by Gasteiger charge is -2.17. The normalized spacial score (nSPS) is 13.5. The van der Waals surface area contributed by atoms with Gasteiger partial charge in [0.25, 0.3) is 0 Å². The Morgan fingerprint density at radius 3 is 2.96 bits per heavy atom. The van der Waals surface area contributed by atoms with Gasteiger partial charge >= 0.3 is 0 Å². The van der Waals surface area contributed by atoms with Crippen LogP contribution in [-0.2, 0) is 10.5 Å². The van der Waals surface area contributed by atoms with Gasteiger partial charge in [0.05, 0.1) is 12.8 Å². The minimum Gasteiger partial charge on any atom is -0.497 e. The maximum Gasteiger partial charge on any atom is 0.228 e. The predicted octanol–water partition coefficient (Wildman–Crippen LogP) is 4.87. The molecule has 1 aliphatic rings. The topological polar surface area (TPSA) is 68.2 Å². The quantitative estimate of drug-likeness (QED) is 0.374. The van der Waals surface area contributed by atoms with Crippen molar-refractivity contribution in [3.8, 4) is 16.3 Å². The minimum atomic E-state index is 0.123. The number of aromatic nitrogens is 3. The number of hydrogen-bond donors (Lipinski definition) is 0. The molecule has 1 amide bonds. The van der Waals surface area contributed by atoms with Crippen LogP contribution in [0, 0.1) is 0 Å². The smallest absolute Gasteiger partial charge is 0.228 e. The molecule has 146 valence electrons.